The van der Waals surface area contributed by atoms with E-state index in [1.807, 2.05) is 0 Å². The number of carboxylic acid groups (broad SMARTS) is 1. The summed E-state index contributed by atoms with van der Waals surface area (Å²) in [7, 11) is 0. The van der Waals surface area contributed by atoms with Gasteiger partial charge >= 0.3 is 11.9 Å². The molecule has 0 aromatic rings. The average molecular weight is 885 g/mol. The Hall–Kier alpha value is -1.87. The molecule has 0 rings (SSSR count). The van der Waals surface area contributed by atoms with Gasteiger partial charge in [-0.15, -0.1) is 0 Å². The van der Waals surface area contributed by atoms with Gasteiger partial charge in [0.25, 0.3) is 0 Å². The maximum Gasteiger partial charge on any atom is 0.372 e. The number of carbonyl (C=O) groups is 3. The largest absolute Gasteiger partial charge is 0.476 e. The number of carboxylic acids is 1. The van der Waals surface area contributed by atoms with Crippen molar-refractivity contribution in [2.24, 2.45) is 0 Å². The molecule has 17 heteroatoms. The number of hydrogen-bond acceptors (Lipinski definition) is 16. The van der Waals surface area contributed by atoms with Crippen molar-refractivity contribution in [1.82, 2.24) is 0 Å². The quantitative estimate of drug-likeness (QED) is 0.0473. The normalized spacial score (nSPS) is 11.4. The summed E-state index contributed by atoms with van der Waals surface area (Å²) in [5.74, 6) is -3.24. The molecule has 0 aromatic heterocycles. The Labute approximate surface area is 366 Å². The summed E-state index contributed by atoms with van der Waals surface area (Å²) in [5.41, 5.74) is 0. The highest BCUT2D eigenvalue weighted by Gasteiger charge is 2.14. The number of ether oxygens (including phenoxy) is 13. The zero-order valence-electron chi connectivity index (χ0n) is 37.8. The summed E-state index contributed by atoms with van der Waals surface area (Å²) < 4.78 is 70.7. The molecule has 1 N–H and O–H groups in total. The van der Waals surface area contributed by atoms with Crippen LogP contribution in [0.2, 0.25) is 0 Å². The molecule has 0 aliphatic carbocycles. The van der Waals surface area contributed by atoms with E-state index in [-0.39, 0.29) is 26.1 Å². The van der Waals surface area contributed by atoms with Gasteiger partial charge < -0.3 is 66.7 Å². The molecular weight excluding hydrogens is 800 g/mol. The Morgan fingerprint density at radius 2 is 0.525 bits per heavy atom. The van der Waals surface area contributed by atoms with Crippen LogP contribution in [0, 0.1) is 0 Å². The molecule has 0 saturated heterocycles. The number of rotatable bonds is 54. The maximum atomic E-state index is 11.4. The molecule has 17 nitrogen and oxygen atoms in total. The molecule has 0 radical (unpaired) electrons. The van der Waals surface area contributed by atoms with Gasteiger partial charge in [-0.05, 0) is 6.42 Å². The van der Waals surface area contributed by atoms with E-state index in [0.717, 1.165) is 13.0 Å². The average Bonchev–Trinajstić information content (AvgIpc) is 3.26. The lowest BCUT2D eigenvalue weighted by Crippen LogP contribution is -2.17. The molecule has 0 atom stereocenters. The van der Waals surface area contributed by atoms with Crippen LogP contribution in [0.1, 0.15) is 103 Å². The molecule has 0 aliphatic rings. The van der Waals surface area contributed by atoms with Crippen LogP contribution in [0.25, 0.3) is 0 Å². The van der Waals surface area contributed by atoms with Crippen molar-refractivity contribution in [3.05, 3.63) is 0 Å². The number of ketones is 1. The van der Waals surface area contributed by atoms with Gasteiger partial charge in [0.05, 0.1) is 158 Å². The molecule has 0 saturated carbocycles. The predicted molar refractivity (Wildman–Crippen MR) is 228 cm³/mol. The number of esters is 1. The third-order valence-electron chi connectivity index (χ3n) is 8.77. The number of unbranched alkanes of at least 4 members (excludes halogenated alkanes) is 12. The standard InChI is InChI=1S/C44H84O17/c1-2-3-4-5-6-7-8-9-10-11-12-13-14-17-49-18-19-50-20-21-51-22-23-52-24-25-53-26-27-54-28-29-55-30-31-56-32-33-57-34-35-58-36-37-59-38-39-60-40-41-61-43(46)16-15-42(45)44(47)48/h2-41H2,1H3,(H,47,48). The SMILES string of the molecule is CCCCCCCCCCCCCCCOCCOCCOCCOCCOCCOCCOCCOCCOCCOCCOCCOCCOC(=O)CCC(=O)C(=O)O. The maximum absolute atomic E-state index is 11.4. The minimum atomic E-state index is -1.56. The topological polar surface area (TPSA) is 191 Å². The lowest BCUT2D eigenvalue weighted by atomic mass is 10.0. The molecule has 0 spiro atoms. The van der Waals surface area contributed by atoms with Crippen LogP contribution >= 0.6 is 0 Å². The lowest BCUT2D eigenvalue weighted by Gasteiger charge is -2.09. The Balaban J connectivity index is 3.11. The van der Waals surface area contributed by atoms with Crippen molar-refractivity contribution in [3.8, 4) is 0 Å². The van der Waals surface area contributed by atoms with Crippen molar-refractivity contribution in [1.29, 1.82) is 0 Å². The van der Waals surface area contributed by atoms with Gasteiger partial charge in [-0.25, -0.2) is 4.79 Å². The van der Waals surface area contributed by atoms with E-state index >= 15 is 0 Å². The molecule has 0 fully saturated rings. The zero-order chi connectivity index (χ0) is 44.2. The zero-order valence-corrected chi connectivity index (χ0v) is 37.8. The second-order valence-corrected chi connectivity index (χ2v) is 14.0. The summed E-state index contributed by atoms with van der Waals surface area (Å²) in [6, 6.07) is 0. The first-order chi connectivity index (χ1) is 30.1. The molecule has 0 heterocycles. The van der Waals surface area contributed by atoms with E-state index in [4.69, 9.17) is 66.7 Å². The van der Waals surface area contributed by atoms with E-state index in [1.54, 1.807) is 0 Å². The molecule has 362 valence electrons. The molecule has 0 unspecified atom stereocenters. The first kappa shape index (κ1) is 59.1. The number of Topliss-reactive ketones (excluding diaryl/α,β-unsaturated/α-hetero) is 1. The summed E-state index contributed by atoms with van der Waals surface area (Å²) in [6.45, 7) is 13.9. The highest BCUT2D eigenvalue weighted by Crippen LogP contribution is 2.12. The van der Waals surface area contributed by atoms with Crippen LogP contribution in [0.15, 0.2) is 0 Å². The first-order valence-corrected chi connectivity index (χ1v) is 22.9. The minimum absolute atomic E-state index is 0.0132. The smallest absolute Gasteiger partial charge is 0.372 e. The van der Waals surface area contributed by atoms with Gasteiger partial charge in [-0.1, -0.05) is 84.0 Å². The number of carbonyl (C=O) groups excluding carboxylic acids is 2. The fourth-order valence-electron chi connectivity index (χ4n) is 5.35. The van der Waals surface area contributed by atoms with Crippen molar-refractivity contribution in [2.75, 3.05) is 165 Å². The van der Waals surface area contributed by atoms with Crippen LogP contribution in [0.3, 0.4) is 0 Å². The first-order valence-electron chi connectivity index (χ1n) is 22.9. The van der Waals surface area contributed by atoms with E-state index in [9.17, 15) is 14.4 Å². The molecule has 0 amide bonds. The van der Waals surface area contributed by atoms with Gasteiger partial charge in [0.1, 0.15) is 6.61 Å². The second-order valence-electron chi connectivity index (χ2n) is 14.0. The number of hydrogen-bond donors (Lipinski definition) is 1. The Bertz CT molecular complexity index is 913. The van der Waals surface area contributed by atoms with Crippen LogP contribution < -0.4 is 0 Å². The van der Waals surface area contributed by atoms with Gasteiger partial charge in [0.15, 0.2) is 0 Å². The summed E-state index contributed by atoms with van der Waals surface area (Å²) in [4.78, 5) is 32.7. The fourth-order valence-corrected chi connectivity index (χ4v) is 5.35. The van der Waals surface area contributed by atoms with Crippen LogP contribution in [-0.2, 0) is 76.0 Å². The van der Waals surface area contributed by atoms with Gasteiger partial charge in [0, 0.05) is 13.0 Å². The summed E-state index contributed by atoms with van der Waals surface area (Å²) in [6.07, 6.45) is 17.0. The minimum Gasteiger partial charge on any atom is -0.476 e. The van der Waals surface area contributed by atoms with Crippen LogP contribution in [0.5, 0.6) is 0 Å². The third kappa shape index (κ3) is 52.4. The van der Waals surface area contributed by atoms with E-state index in [0.29, 0.717) is 145 Å². The Morgan fingerprint density at radius 3 is 0.787 bits per heavy atom. The van der Waals surface area contributed by atoms with Crippen molar-refractivity contribution >= 4 is 17.7 Å². The third-order valence-corrected chi connectivity index (χ3v) is 8.77. The Morgan fingerprint density at radius 1 is 0.295 bits per heavy atom. The molecule has 61 heavy (non-hydrogen) atoms. The lowest BCUT2D eigenvalue weighted by molar-refractivity contribution is -0.151. The van der Waals surface area contributed by atoms with Crippen LogP contribution in [-0.4, -0.2) is 188 Å². The van der Waals surface area contributed by atoms with Crippen molar-refractivity contribution in [2.45, 2.75) is 103 Å². The van der Waals surface area contributed by atoms with Gasteiger partial charge in [0.2, 0.25) is 5.78 Å². The molecule has 0 aliphatic heterocycles. The van der Waals surface area contributed by atoms with Crippen molar-refractivity contribution < 1.29 is 81.1 Å². The number of aliphatic carboxylic acids is 1. The highest BCUT2D eigenvalue weighted by molar-refractivity contribution is 6.32. The fraction of sp³-hybridized carbons (Fsp3) is 0.932. The summed E-state index contributed by atoms with van der Waals surface area (Å²) >= 11 is 0. The monoisotopic (exact) mass is 885 g/mol. The van der Waals surface area contributed by atoms with Gasteiger partial charge in [-0.3, -0.25) is 9.59 Å². The highest BCUT2D eigenvalue weighted by atomic mass is 16.6. The van der Waals surface area contributed by atoms with E-state index in [1.165, 1.54) is 77.0 Å². The second kappa shape index (κ2) is 52.5. The Kier molecular flexibility index (Phi) is 50.9. The van der Waals surface area contributed by atoms with Crippen LogP contribution in [0.4, 0.5) is 0 Å². The predicted octanol–water partition coefficient (Wildman–Crippen LogP) is 5.25. The van der Waals surface area contributed by atoms with E-state index in [2.05, 4.69) is 6.92 Å². The van der Waals surface area contributed by atoms with E-state index < -0.39 is 17.7 Å². The van der Waals surface area contributed by atoms with Gasteiger partial charge in [-0.2, -0.15) is 0 Å². The molecule has 0 bridgehead atoms. The summed E-state index contributed by atoms with van der Waals surface area (Å²) in [5, 5.41) is 8.46. The van der Waals surface area contributed by atoms with Crippen molar-refractivity contribution in [3.63, 3.8) is 0 Å². The molecule has 0 aromatic carbocycles. The molecular formula is C44H84O17.